The van der Waals surface area contributed by atoms with Crippen molar-refractivity contribution in [3.63, 3.8) is 0 Å². The minimum Gasteiger partial charge on any atom is -0.354 e. The Kier molecular flexibility index (Phi) is 5.61. The molecule has 0 bridgehead atoms. The van der Waals surface area contributed by atoms with E-state index >= 15 is 0 Å². The first-order chi connectivity index (χ1) is 14.6. The highest BCUT2D eigenvalue weighted by molar-refractivity contribution is 5.92. The van der Waals surface area contributed by atoms with Gasteiger partial charge in [0.2, 0.25) is 5.91 Å². The van der Waals surface area contributed by atoms with Crippen LogP contribution in [0.15, 0.2) is 59.4 Å². The minimum atomic E-state index is -0.490. The SMILES string of the molecule is O=C(NCCNC(=O)C1(c2ccccc2)CCCC1)c1nc2ccccc2c(=O)[nH]1. The first-order valence-corrected chi connectivity index (χ1v) is 10.2. The second kappa shape index (κ2) is 8.49. The van der Waals surface area contributed by atoms with Gasteiger partial charge in [0.25, 0.3) is 11.5 Å². The molecule has 7 heteroatoms. The number of hydrogen-bond donors (Lipinski definition) is 3. The third-order valence-corrected chi connectivity index (χ3v) is 5.74. The number of nitrogens with one attached hydrogen (secondary N) is 3. The van der Waals surface area contributed by atoms with E-state index in [4.69, 9.17) is 0 Å². The minimum absolute atomic E-state index is 0.00214. The standard InChI is InChI=1S/C23H24N4O3/c28-20-17-10-4-5-11-18(17)26-19(27-20)21(29)24-14-15-25-22(30)23(12-6-7-13-23)16-8-2-1-3-9-16/h1-5,8-11H,6-7,12-15H2,(H,24,29)(H,25,30)(H,26,27,28). The van der Waals surface area contributed by atoms with E-state index < -0.39 is 11.3 Å². The molecular formula is C23H24N4O3. The summed E-state index contributed by atoms with van der Waals surface area (Å²) in [5, 5.41) is 6.10. The lowest BCUT2D eigenvalue weighted by Gasteiger charge is -2.28. The molecule has 7 nitrogen and oxygen atoms in total. The number of H-pyrrole nitrogens is 1. The Balaban J connectivity index is 1.36. The van der Waals surface area contributed by atoms with Gasteiger partial charge in [0.1, 0.15) is 0 Å². The van der Waals surface area contributed by atoms with Gasteiger partial charge in [-0.2, -0.15) is 0 Å². The van der Waals surface area contributed by atoms with Gasteiger partial charge in [-0.05, 0) is 30.5 Å². The van der Waals surface area contributed by atoms with E-state index in [0.29, 0.717) is 17.4 Å². The lowest BCUT2D eigenvalue weighted by atomic mass is 9.78. The highest BCUT2D eigenvalue weighted by atomic mass is 16.2. The fraction of sp³-hybridized carbons (Fsp3) is 0.304. The van der Waals surface area contributed by atoms with Gasteiger partial charge in [-0.3, -0.25) is 14.4 Å². The summed E-state index contributed by atoms with van der Waals surface area (Å²) < 4.78 is 0. The number of carbonyl (C=O) groups is 2. The molecule has 154 valence electrons. The average Bonchev–Trinajstić information content (AvgIpc) is 3.28. The molecule has 1 fully saturated rings. The zero-order valence-electron chi connectivity index (χ0n) is 16.6. The van der Waals surface area contributed by atoms with Crippen molar-refractivity contribution in [1.29, 1.82) is 0 Å². The normalized spacial score (nSPS) is 15.1. The van der Waals surface area contributed by atoms with Crippen molar-refractivity contribution < 1.29 is 9.59 Å². The molecule has 3 N–H and O–H groups in total. The number of para-hydroxylation sites is 1. The van der Waals surface area contributed by atoms with Crippen molar-refractivity contribution >= 4 is 22.7 Å². The molecule has 1 aliphatic rings. The number of aromatic amines is 1. The molecule has 2 amide bonds. The third-order valence-electron chi connectivity index (χ3n) is 5.74. The van der Waals surface area contributed by atoms with E-state index in [1.54, 1.807) is 24.3 Å². The molecule has 4 rings (SSSR count). The summed E-state index contributed by atoms with van der Waals surface area (Å²) in [6.45, 7) is 0.545. The fourth-order valence-electron chi connectivity index (χ4n) is 4.18. The van der Waals surface area contributed by atoms with Gasteiger partial charge in [0, 0.05) is 13.1 Å². The Hall–Kier alpha value is -3.48. The number of benzene rings is 2. The Morgan fingerprint density at radius 2 is 1.60 bits per heavy atom. The molecular weight excluding hydrogens is 380 g/mol. The number of aromatic nitrogens is 2. The largest absolute Gasteiger partial charge is 0.354 e. The lowest BCUT2D eigenvalue weighted by Crippen LogP contribution is -2.45. The molecule has 0 aliphatic heterocycles. The van der Waals surface area contributed by atoms with E-state index in [2.05, 4.69) is 20.6 Å². The Labute approximate surface area is 173 Å². The zero-order chi connectivity index (χ0) is 21.0. The molecule has 0 unspecified atom stereocenters. The molecule has 0 atom stereocenters. The number of nitrogens with zero attached hydrogens (tertiary/aromatic N) is 1. The highest BCUT2D eigenvalue weighted by Crippen LogP contribution is 2.41. The maximum atomic E-state index is 13.0. The molecule has 1 saturated carbocycles. The second-order valence-corrected chi connectivity index (χ2v) is 7.60. The maximum Gasteiger partial charge on any atom is 0.287 e. The van der Waals surface area contributed by atoms with Crippen molar-refractivity contribution in [2.75, 3.05) is 13.1 Å². The van der Waals surface area contributed by atoms with Gasteiger partial charge >= 0.3 is 0 Å². The van der Waals surface area contributed by atoms with Gasteiger partial charge in [-0.25, -0.2) is 4.98 Å². The molecule has 1 aliphatic carbocycles. The summed E-state index contributed by atoms with van der Waals surface area (Å²) in [4.78, 5) is 44.2. The molecule has 0 radical (unpaired) electrons. The number of carbonyl (C=O) groups excluding carboxylic acids is 2. The van der Waals surface area contributed by atoms with Crippen LogP contribution in [0.2, 0.25) is 0 Å². The topological polar surface area (TPSA) is 104 Å². The van der Waals surface area contributed by atoms with Crippen LogP contribution in [-0.4, -0.2) is 34.9 Å². The average molecular weight is 404 g/mol. The van der Waals surface area contributed by atoms with Crippen LogP contribution >= 0.6 is 0 Å². The van der Waals surface area contributed by atoms with E-state index in [0.717, 1.165) is 31.2 Å². The second-order valence-electron chi connectivity index (χ2n) is 7.60. The molecule has 1 heterocycles. The summed E-state index contributed by atoms with van der Waals surface area (Å²) in [7, 11) is 0. The monoisotopic (exact) mass is 404 g/mol. The van der Waals surface area contributed by atoms with Crippen molar-refractivity contribution in [3.05, 3.63) is 76.3 Å². The Bertz CT molecular complexity index is 1120. The van der Waals surface area contributed by atoms with Crippen LogP contribution in [0.4, 0.5) is 0 Å². The summed E-state index contributed by atoms with van der Waals surface area (Å²) in [6, 6.07) is 16.7. The van der Waals surface area contributed by atoms with Crippen LogP contribution in [0, 0.1) is 0 Å². The molecule has 3 aromatic rings. The van der Waals surface area contributed by atoms with Gasteiger partial charge in [-0.15, -0.1) is 0 Å². The van der Waals surface area contributed by atoms with Crippen molar-refractivity contribution in [2.45, 2.75) is 31.1 Å². The van der Waals surface area contributed by atoms with Gasteiger partial charge < -0.3 is 15.6 Å². The Morgan fingerprint density at radius 3 is 2.37 bits per heavy atom. The van der Waals surface area contributed by atoms with Crippen molar-refractivity contribution in [3.8, 4) is 0 Å². The Morgan fingerprint density at radius 1 is 0.933 bits per heavy atom. The molecule has 0 spiro atoms. The summed E-state index contributed by atoms with van der Waals surface area (Å²) in [6.07, 6.45) is 3.72. The predicted molar refractivity (Wildman–Crippen MR) is 114 cm³/mol. The van der Waals surface area contributed by atoms with E-state index in [9.17, 15) is 14.4 Å². The van der Waals surface area contributed by atoms with Gasteiger partial charge in [0.05, 0.1) is 16.3 Å². The fourth-order valence-corrected chi connectivity index (χ4v) is 4.18. The molecule has 1 aromatic heterocycles. The number of hydrogen-bond acceptors (Lipinski definition) is 4. The molecule has 0 saturated heterocycles. The first kappa shape index (κ1) is 19.8. The first-order valence-electron chi connectivity index (χ1n) is 10.2. The third kappa shape index (κ3) is 3.83. The van der Waals surface area contributed by atoms with Crippen molar-refractivity contribution in [2.24, 2.45) is 0 Å². The van der Waals surface area contributed by atoms with Crippen LogP contribution in [0.25, 0.3) is 10.9 Å². The number of rotatable bonds is 6. The molecule has 30 heavy (non-hydrogen) atoms. The predicted octanol–water partition coefficient (Wildman–Crippen LogP) is 2.28. The maximum absolute atomic E-state index is 13.0. The summed E-state index contributed by atoms with van der Waals surface area (Å²) in [5.41, 5.74) is 0.661. The van der Waals surface area contributed by atoms with E-state index in [-0.39, 0.29) is 23.8 Å². The van der Waals surface area contributed by atoms with Crippen molar-refractivity contribution in [1.82, 2.24) is 20.6 Å². The lowest BCUT2D eigenvalue weighted by molar-refractivity contribution is -0.126. The zero-order valence-corrected chi connectivity index (χ0v) is 16.6. The number of fused-ring (bicyclic) bond motifs is 1. The van der Waals surface area contributed by atoms with Crippen LogP contribution in [0.3, 0.4) is 0 Å². The summed E-state index contributed by atoms with van der Waals surface area (Å²) in [5.74, 6) is -0.523. The van der Waals surface area contributed by atoms with E-state index in [1.807, 2.05) is 30.3 Å². The number of amides is 2. The summed E-state index contributed by atoms with van der Waals surface area (Å²) >= 11 is 0. The van der Waals surface area contributed by atoms with Crippen LogP contribution in [0.5, 0.6) is 0 Å². The van der Waals surface area contributed by atoms with Gasteiger partial charge in [0.15, 0.2) is 5.82 Å². The van der Waals surface area contributed by atoms with Gasteiger partial charge in [-0.1, -0.05) is 55.3 Å². The van der Waals surface area contributed by atoms with Crippen LogP contribution < -0.4 is 16.2 Å². The van der Waals surface area contributed by atoms with Crippen LogP contribution in [-0.2, 0) is 10.2 Å². The molecule has 2 aromatic carbocycles. The quantitative estimate of drug-likeness (QED) is 0.548. The van der Waals surface area contributed by atoms with Crippen LogP contribution in [0.1, 0.15) is 41.9 Å². The smallest absolute Gasteiger partial charge is 0.287 e. The van der Waals surface area contributed by atoms with E-state index in [1.165, 1.54) is 0 Å². The highest BCUT2D eigenvalue weighted by Gasteiger charge is 2.42.